The van der Waals surface area contributed by atoms with Gasteiger partial charge in [0.1, 0.15) is 5.75 Å². The van der Waals surface area contributed by atoms with E-state index < -0.39 is 0 Å². The first-order chi connectivity index (χ1) is 21.2. The predicted octanol–water partition coefficient (Wildman–Crippen LogP) is 5.61. The van der Waals surface area contributed by atoms with E-state index in [0.29, 0.717) is 34.4 Å². The minimum Gasteiger partial charge on any atom is -0.497 e. The smallest absolute Gasteiger partial charge is 0.231 e. The van der Waals surface area contributed by atoms with Crippen molar-refractivity contribution in [1.29, 1.82) is 0 Å². The number of anilines is 1. The fourth-order valence-electron chi connectivity index (χ4n) is 5.76. The van der Waals surface area contributed by atoms with Crippen LogP contribution in [0.3, 0.4) is 0 Å². The lowest BCUT2D eigenvalue weighted by molar-refractivity contribution is 0.0990. The number of nitrogens with zero attached hydrogens (tertiary/aromatic N) is 5. The minimum atomic E-state index is -0.361. The molecule has 43 heavy (non-hydrogen) atoms. The summed E-state index contributed by atoms with van der Waals surface area (Å²) in [6, 6.07) is 21.1. The van der Waals surface area contributed by atoms with Crippen molar-refractivity contribution in [2.75, 3.05) is 25.3 Å². The number of rotatable bonds is 5. The summed E-state index contributed by atoms with van der Waals surface area (Å²) in [6.07, 6.45) is 6.92. The van der Waals surface area contributed by atoms with Gasteiger partial charge in [-0.05, 0) is 41.5 Å². The standard InChI is InChI=1S/C33H24N6O4/c1-41-23-9-6-19(7-10-23)21-13-34-32(35-14-21)22-15-36-33(37-16-22)39-17-26(40)29-24-4-2-3-5-25(24)38-30(29)31(39)20-8-11-27-28(12-20)43-18-42-27/h2-16,31,38H,17-18H2,1H3. The quantitative estimate of drug-likeness (QED) is 0.283. The fraction of sp³-hybridized carbons (Fsp3) is 0.121. The number of aromatic nitrogens is 5. The molecule has 0 aliphatic carbocycles. The van der Waals surface area contributed by atoms with Crippen LogP contribution in [0, 0.1) is 0 Å². The Morgan fingerprint density at radius 1 is 0.837 bits per heavy atom. The molecule has 0 saturated heterocycles. The van der Waals surface area contributed by atoms with Gasteiger partial charge in [-0.25, -0.2) is 19.9 Å². The molecule has 0 fully saturated rings. The molecule has 0 radical (unpaired) electrons. The van der Waals surface area contributed by atoms with Crippen LogP contribution < -0.4 is 19.1 Å². The van der Waals surface area contributed by atoms with E-state index in [4.69, 9.17) is 14.2 Å². The largest absolute Gasteiger partial charge is 0.497 e. The zero-order valence-corrected chi connectivity index (χ0v) is 23.0. The molecule has 5 heterocycles. The van der Waals surface area contributed by atoms with Gasteiger partial charge < -0.3 is 24.1 Å². The Bertz CT molecular complexity index is 1990. The highest BCUT2D eigenvalue weighted by Crippen LogP contribution is 2.43. The summed E-state index contributed by atoms with van der Waals surface area (Å²) < 4.78 is 16.5. The molecular weight excluding hydrogens is 544 g/mol. The van der Waals surface area contributed by atoms with E-state index in [1.54, 1.807) is 31.9 Å². The number of ketones is 1. The van der Waals surface area contributed by atoms with E-state index in [9.17, 15) is 4.79 Å². The number of Topliss-reactive ketones (excluding diaryl/α,β-unsaturated/α-hetero) is 1. The lowest BCUT2D eigenvalue weighted by Gasteiger charge is -2.35. The van der Waals surface area contributed by atoms with Crippen LogP contribution in [-0.2, 0) is 0 Å². The van der Waals surface area contributed by atoms with Crippen LogP contribution in [0.15, 0.2) is 91.5 Å². The summed E-state index contributed by atoms with van der Waals surface area (Å²) in [5.74, 6) is 3.06. The van der Waals surface area contributed by atoms with Crippen molar-refractivity contribution in [2.45, 2.75) is 6.04 Å². The van der Waals surface area contributed by atoms with Crippen LogP contribution in [0.1, 0.15) is 27.7 Å². The Labute approximate surface area is 246 Å². The zero-order chi connectivity index (χ0) is 28.9. The third-order valence-electron chi connectivity index (χ3n) is 7.85. The average Bonchev–Trinajstić information content (AvgIpc) is 3.70. The van der Waals surface area contributed by atoms with E-state index in [1.807, 2.05) is 71.6 Å². The molecule has 2 aliphatic heterocycles. The van der Waals surface area contributed by atoms with Gasteiger partial charge in [0.05, 0.1) is 36.5 Å². The lowest BCUT2D eigenvalue weighted by Crippen LogP contribution is -2.40. The number of carbonyl (C=O) groups is 1. The molecule has 0 bridgehead atoms. The van der Waals surface area contributed by atoms with Crippen molar-refractivity contribution in [3.05, 3.63) is 108 Å². The van der Waals surface area contributed by atoms with Gasteiger partial charge in [-0.1, -0.05) is 36.4 Å². The number of nitrogens with one attached hydrogen (secondary N) is 1. The molecule has 210 valence electrons. The summed E-state index contributed by atoms with van der Waals surface area (Å²) in [5.41, 5.74) is 5.85. The fourth-order valence-corrected chi connectivity index (χ4v) is 5.76. The number of hydrogen-bond acceptors (Lipinski definition) is 9. The van der Waals surface area contributed by atoms with E-state index >= 15 is 0 Å². The summed E-state index contributed by atoms with van der Waals surface area (Å²) in [6.45, 7) is 0.289. The van der Waals surface area contributed by atoms with E-state index in [-0.39, 0.29) is 25.2 Å². The number of H-pyrrole nitrogens is 1. The summed E-state index contributed by atoms with van der Waals surface area (Å²) >= 11 is 0. The normalized spacial score (nSPS) is 15.5. The van der Waals surface area contributed by atoms with Crippen molar-refractivity contribution in [3.63, 3.8) is 0 Å². The molecule has 6 aromatic rings. The van der Waals surface area contributed by atoms with Crippen LogP contribution in [0.2, 0.25) is 0 Å². The van der Waals surface area contributed by atoms with Gasteiger partial charge in [0.2, 0.25) is 12.7 Å². The number of carbonyl (C=O) groups excluding carboxylic acids is 1. The number of para-hydroxylation sites is 1. The molecule has 8 rings (SSSR count). The van der Waals surface area contributed by atoms with Gasteiger partial charge in [-0.3, -0.25) is 4.79 Å². The molecule has 0 spiro atoms. The number of fused-ring (bicyclic) bond motifs is 4. The second kappa shape index (κ2) is 9.95. The van der Waals surface area contributed by atoms with Crippen LogP contribution in [0.4, 0.5) is 5.95 Å². The number of ether oxygens (including phenoxy) is 3. The summed E-state index contributed by atoms with van der Waals surface area (Å²) in [7, 11) is 1.64. The molecule has 10 heteroatoms. The second-order valence-corrected chi connectivity index (χ2v) is 10.3. The molecule has 10 nitrogen and oxygen atoms in total. The topological polar surface area (TPSA) is 115 Å². The number of methoxy groups -OCH3 is 1. The third kappa shape index (κ3) is 4.23. The first kappa shape index (κ1) is 25.0. The van der Waals surface area contributed by atoms with Crippen LogP contribution >= 0.6 is 0 Å². The first-order valence-corrected chi connectivity index (χ1v) is 13.7. The van der Waals surface area contributed by atoms with Crippen LogP contribution in [-0.4, -0.2) is 51.2 Å². The van der Waals surface area contributed by atoms with Crippen molar-refractivity contribution >= 4 is 22.6 Å². The maximum Gasteiger partial charge on any atom is 0.231 e. The summed E-state index contributed by atoms with van der Waals surface area (Å²) in [5, 5.41) is 0.902. The van der Waals surface area contributed by atoms with Crippen molar-refractivity contribution in [2.24, 2.45) is 0 Å². The Kier molecular flexibility index (Phi) is 5.78. The predicted molar refractivity (Wildman–Crippen MR) is 159 cm³/mol. The molecule has 3 aromatic heterocycles. The van der Waals surface area contributed by atoms with Gasteiger partial charge >= 0.3 is 0 Å². The monoisotopic (exact) mass is 568 g/mol. The van der Waals surface area contributed by atoms with Crippen molar-refractivity contribution < 1.29 is 19.0 Å². The van der Waals surface area contributed by atoms with E-state index in [0.717, 1.165) is 39.0 Å². The van der Waals surface area contributed by atoms with Gasteiger partial charge in [0.25, 0.3) is 0 Å². The molecule has 1 unspecified atom stereocenters. The molecule has 1 N–H and O–H groups in total. The molecule has 0 amide bonds. The molecule has 2 aliphatic rings. The Hall–Kier alpha value is -5.77. The maximum absolute atomic E-state index is 13.6. The number of benzene rings is 3. The first-order valence-electron chi connectivity index (χ1n) is 13.7. The van der Waals surface area contributed by atoms with Crippen molar-refractivity contribution in [1.82, 2.24) is 24.9 Å². The lowest BCUT2D eigenvalue weighted by atomic mass is 9.91. The third-order valence-corrected chi connectivity index (χ3v) is 7.85. The molecular formula is C33H24N6O4. The minimum absolute atomic E-state index is 0.00502. The second-order valence-electron chi connectivity index (χ2n) is 10.3. The maximum atomic E-state index is 13.6. The summed E-state index contributed by atoms with van der Waals surface area (Å²) in [4.78, 5) is 37.5. The van der Waals surface area contributed by atoms with Gasteiger partial charge in [-0.15, -0.1) is 0 Å². The molecule has 3 aromatic carbocycles. The van der Waals surface area contributed by atoms with Gasteiger partial charge in [-0.2, -0.15) is 0 Å². The van der Waals surface area contributed by atoms with Crippen LogP contribution in [0.25, 0.3) is 33.4 Å². The Morgan fingerprint density at radius 3 is 2.37 bits per heavy atom. The highest BCUT2D eigenvalue weighted by atomic mass is 16.7. The van der Waals surface area contributed by atoms with Gasteiger partial charge in [0.15, 0.2) is 23.1 Å². The SMILES string of the molecule is COc1ccc(-c2cnc(-c3cnc(N4CC(=O)c5c([nH]c6ccccc56)C4c4ccc5c(c4)OCO5)nc3)nc2)cc1. The van der Waals surface area contributed by atoms with Crippen LogP contribution in [0.5, 0.6) is 17.2 Å². The zero-order valence-electron chi connectivity index (χ0n) is 23.0. The highest BCUT2D eigenvalue weighted by molar-refractivity contribution is 6.12. The Morgan fingerprint density at radius 2 is 1.58 bits per heavy atom. The molecule has 1 atom stereocenters. The number of aromatic amines is 1. The average molecular weight is 569 g/mol. The van der Waals surface area contributed by atoms with Crippen molar-refractivity contribution in [3.8, 4) is 39.8 Å². The van der Waals surface area contributed by atoms with Gasteiger partial charge in [0, 0.05) is 41.3 Å². The Balaban J connectivity index is 1.15. The number of hydrogen-bond donors (Lipinski definition) is 1. The van der Waals surface area contributed by atoms with E-state index in [2.05, 4.69) is 24.9 Å². The highest BCUT2D eigenvalue weighted by Gasteiger charge is 2.38. The molecule has 0 saturated carbocycles. The van der Waals surface area contributed by atoms with E-state index in [1.165, 1.54) is 0 Å².